The van der Waals surface area contributed by atoms with Crippen LogP contribution in [0.5, 0.6) is 5.75 Å². The van der Waals surface area contributed by atoms with Gasteiger partial charge in [0.05, 0.1) is 29.8 Å². The summed E-state index contributed by atoms with van der Waals surface area (Å²) in [6, 6.07) is 29.2. The molecular formula is C31H32N2O3. The highest BCUT2D eigenvalue weighted by atomic mass is 16.5. The van der Waals surface area contributed by atoms with Crippen LogP contribution in [-0.2, 0) is 11.4 Å². The van der Waals surface area contributed by atoms with Crippen LogP contribution in [0, 0.1) is 5.92 Å². The summed E-state index contributed by atoms with van der Waals surface area (Å²) in [6.07, 6.45) is 4.38. The summed E-state index contributed by atoms with van der Waals surface area (Å²) in [5.74, 6) is 0.769. The van der Waals surface area contributed by atoms with Crippen molar-refractivity contribution in [1.29, 1.82) is 0 Å². The standard InChI is InChI=1S/C31H32N2O3/c34-20-29(22-8-2-1-3-9-22)33-31(35)30(24-11-4-5-12-24)25-15-18-27(19-16-25)36-21-26-17-14-23-10-6-7-13-28(23)32-26/h1-3,6-10,13-19,24,29-30,34H,4-5,11-12,20-21H2,(H,33,35)/t29-,30-/m0/s1. The third kappa shape index (κ3) is 5.58. The van der Waals surface area contributed by atoms with Gasteiger partial charge in [0.1, 0.15) is 12.4 Å². The van der Waals surface area contributed by atoms with Crippen molar-refractivity contribution in [1.82, 2.24) is 10.3 Å². The van der Waals surface area contributed by atoms with Crippen molar-refractivity contribution in [3.63, 3.8) is 0 Å². The third-order valence-electron chi connectivity index (χ3n) is 7.14. The Hall–Kier alpha value is -3.70. The summed E-state index contributed by atoms with van der Waals surface area (Å²) in [4.78, 5) is 18.2. The number of amides is 1. The van der Waals surface area contributed by atoms with Crippen LogP contribution < -0.4 is 10.1 Å². The number of aliphatic hydroxyl groups is 1. The Kier molecular flexibility index (Phi) is 7.58. The Labute approximate surface area is 212 Å². The highest BCUT2D eigenvalue weighted by Gasteiger charge is 2.33. The number of rotatable bonds is 9. The second-order valence-corrected chi connectivity index (χ2v) is 9.53. The number of nitrogens with zero attached hydrogens (tertiary/aromatic N) is 1. The summed E-state index contributed by atoms with van der Waals surface area (Å²) in [7, 11) is 0. The van der Waals surface area contributed by atoms with E-state index in [9.17, 15) is 9.90 Å². The SMILES string of the molecule is O=C(N[C@@H](CO)c1ccccc1)[C@H](c1ccc(OCc2ccc3ccccc3n2)cc1)C1CCCC1. The maximum atomic E-state index is 13.5. The largest absolute Gasteiger partial charge is 0.487 e. The molecule has 2 N–H and O–H groups in total. The van der Waals surface area contributed by atoms with Gasteiger partial charge in [-0.15, -0.1) is 0 Å². The van der Waals surface area contributed by atoms with E-state index in [1.54, 1.807) is 0 Å². The molecule has 1 aromatic heterocycles. The number of hydrogen-bond donors (Lipinski definition) is 2. The number of ether oxygens (including phenoxy) is 1. The fourth-order valence-electron chi connectivity index (χ4n) is 5.23. The number of benzene rings is 3. The minimum Gasteiger partial charge on any atom is -0.487 e. The Morgan fingerprint density at radius 3 is 2.36 bits per heavy atom. The van der Waals surface area contributed by atoms with E-state index < -0.39 is 6.04 Å². The van der Waals surface area contributed by atoms with Crippen molar-refractivity contribution in [2.24, 2.45) is 5.92 Å². The Morgan fingerprint density at radius 2 is 1.61 bits per heavy atom. The number of fused-ring (bicyclic) bond motifs is 1. The molecule has 184 valence electrons. The molecule has 0 saturated heterocycles. The fourth-order valence-corrected chi connectivity index (χ4v) is 5.23. The molecule has 1 amide bonds. The highest BCUT2D eigenvalue weighted by Crippen LogP contribution is 2.38. The van der Waals surface area contributed by atoms with E-state index in [4.69, 9.17) is 4.74 Å². The van der Waals surface area contributed by atoms with Crippen molar-refractivity contribution < 1.29 is 14.6 Å². The molecule has 1 aliphatic rings. The van der Waals surface area contributed by atoms with Crippen molar-refractivity contribution in [2.75, 3.05) is 6.61 Å². The molecule has 1 fully saturated rings. The molecule has 36 heavy (non-hydrogen) atoms. The predicted molar refractivity (Wildman–Crippen MR) is 142 cm³/mol. The number of aromatic nitrogens is 1. The van der Waals surface area contributed by atoms with Gasteiger partial charge in [0.25, 0.3) is 0 Å². The molecule has 4 aromatic rings. The van der Waals surface area contributed by atoms with Crippen LogP contribution in [0.1, 0.15) is 54.5 Å². The summed E-state index contributed by atoms with van der Waals surface area (Å²) in [6.45, 7) is 0.245. The molecule has 3 aromatic carbocycles. The normalized spacial score (nSPS) is 15.5. The van der Waals surface area contributed by atoms with Crippen LogP contribution >= 0.6 is 0 Å². The van der Waals surface area contributed by atoms with E-state index in [0.717, 1.165) is 59.2 Å². The van der Waals surface area contributed by atoms with E-state index in [1.807, 2.05) is 84.9 Å². The zero-order valence-corrected chi connectivity index (χ0v) is 20.3. The number of pyridine rings is 1. The number of carbonyl (C=O) groups excluding carboxylic acids is 1. The van der Waals surface area contributed by atoms with Crippen molar-refractivity contribution >= 4 is 16.8 Å². The Bertz CT molecular complexity index is 1280. The van der Waals surface area contributed by atoms with E-state index in [0.29, 0.717) is 12.5 Å². The first-order valence-corrected chi connectivity index (χ1v) is 12.7. The predicted octanol–water partition coefficient (Wildman–Crippen LogP) is 5.94. The van der Waals surface area contributed by atoms with Gasteiger partial charge in [-0.2, -0.15) is 0 Å². The number of aliphatic hydroxyl groups excluding tert-OH is 1. The van der Waals surface area contributed by atoms with E-state index in [-0.39, 0.29) is 18.4 Å². The zero-order chi connectivity index (χ0) is 24.7. The van der Waals surface area contributed by atoms with Crippen LogP contribution in [0.15, 0.2) is 91.0 Å². The quantitative estimate of drug-likeness (QED) is 0.311. The Balaban J connectivity index is 1.29. The number of carbonyl (C=O) groups is 1. The summed E-state index contributed by atoms with van der Waals surface area (Å²) in [5, 5.41) is 14.2. The van der Waals surface area contributed by atoms with Crippen molar-refractivity contribution in [2.45, 2.75) is 44.2 Å². The van der Waals surface area contributed by atoms with Gasteiger partial charge in [-0.25, -0.2) is 4.98 Å². The molecule has 0 spiro atoms. The third-order valence-corrected chi connectivity index (χ3v) is 7.14. The van der Waals surface area contributed by atoms with Gasteiger partial charge in [-0.1, -0.05) is 79.6 Å². The molecule has 0 radical (unpaired) electrons. The maximum Gasteiger partial charge on any atom is 0.228 e. The topological polar surface area (TPSA) is 71.5 Å². The number of hydrogen-bond acceptors (Lipinski definition) is 4. The summed E-state index contributed by atoms with van der Waals surface area (Å²) < 4.78 is 6.01. The number of nitrogens with one attached hydrogen (secondary N) is 1. The molecule has 5 rings (SSSR count). The first kappa shape index (κ1) is 24.0. The lowest BCUT2D eigenvalue weighted by Crippen LogP contribution is -2.37. The summed E-state index contributed by atoms with van der Waals surface area (Å²) >= 11 is 0. The molecule has 1 saturated carbocycles. The summed E-state index contributed by atoms with van der Waals surface area (Å²) in [5.41, 5.74) is 3.72. The molecule has 1 heterocycles. The zero-order valence-electron chi connectivity index (χ0n) is 20.3. The molecule has 5 heteroatoms. The minimum atomic E-state index is -0.417. The van der Waals surface area contributed by atoms with Crippen LogP contribution in [0.2, 0.25) is 0 Å². The minimum absolute atomic E-state index is 0.0289. The van der Waals surface area contributed by atoms with Gasteiger partial charge in [0, 0.05) is 5.39 Å². The first-order valence-electron chi connectivity index (χ1n) is 12.7. The monoisotopic (exact) mass is 480 g/mol. The molecule has 2 atom stereocenters. The molecule has 0 unspecified atom stereocenters. The lowest BCUT2D eigenvalue weighted by atomic mass is 9.83. The lowest BCUT2D eigenvalue weighted by molar-refractivity contribution is -0.124. The van der Waals surface area contributed by atoms with Gasteiger partial charge in [-0.3, -0.25) is 4.79 Å². The van der Waals surface area contributed by atoms with Gasteiger partial charge in [0.15, 0.2) is 0 Å². The van der Waals surface area contributed by atoms with Gasteiger partial charge < -0.3 is 15.2 Å². The fraction of sp³-hybridized carbons (Fsp3) is 0.290. The van der Waals surface area contributed by atoms with Crippen LogP contribution in [0.4, 0.5) is 0 Å². The molecular weight excluding hydrogens is 448 g/mol. The average molecular weight is 481 g/mol. The van der Waals surface area contributed by atoms with Gasteiger partial charge in [-0.05, 0) is 54.2 Å². The Morgan fingerprint density at radius 1 is 0.889 bits per heavy atom. The van der Waals surface area contributed by atoms with E-state index in [2.05, 4.69) is 16.4 Å². The number of para-hydroxylation sites is 1. The maximum absolute atomic E-state index is 13.5. The molecule has 5 nitrogen and oxygen atoms in total. The van der Waals surface area contributed by atoms with Crippen molar-refractivity contribution in [3.8, 4) is 5.75 Å². The second-order valence-electron chi connectivity index (χ2n) is 9.53. The average Bonchev–Trinajstić information content (AvgIpc) is 3.46. The molecule has 1 aliphatic carbocycles. The molecule has 0 aliphatic heterocycles. The van der Waals surface area contributed by atoms with Gasteiger partial charge >= 0.3 is 0 Å². The first-order chi connectivity index (χ1) is 17.7. The van der Waals surface area contributed by atoms with Crippen molar-refractivity contribution in [3.05, 3.63) is 108 Å². The van der Waals surface area contributed by atoms with Crippen LogP contribution in [0.25, 0.3) is 10.9 Å². The highest BCUT2D eigenvalue weighted by molar-refractivity contribution is 5.84. The van der Waals surface area contributed by atoms with Crippen LogP contribution in [0.3, 0.4) is 0 Å². The second kappa shape index (κ2) is 11.4. The van der Waals surface area contributed by atoms with Gasteiger partial charge in [0.2, 0.25) is 5.91 Å². The lowest BCUT2D eigenvalue weighted by Gasteiger charge is -2.26. The van der Waals surface area contributed by atoms with E-state index >= 15 is 0 Å². The smallest absolute Gasteiger partial charge is 0.228 e. The van der Waals surface area contributed by atoms with Crippen LogP contribution in [-0.4, -0.2) is 22.6 Å². The van der Waals surface area contributed by atoms with E-state index in [1.165, 1.54) is 0 Å². The molecule has 0 bridgehead atoms.